The molecule has 0 spiro atoms. The van der Waals surface area contributed by atoms with Crippen LogP contribution in [0.25, 0.3) is 0 Å². The number of rotatable bonds is 4. The summed E-state index contributed by atoms with van der Waals surface area (Å²) in [6.45, 7) is 8.52. The average Bonchev–Trinajstić information content (AvgIpc) is 2.85. The number of hydrogen-bond donors (Lipinski definition) is 1. The van der Waals surface area contributed by atoms with E-state index in [0.29, 0.717) is 0 Å². The monoisotopic (exact) mass is 234 g/mol. The van der Waals surface area contributed by atoms with Crippen molar-refractivity contribution in [1.29, 1.82) is 0 Å². The summed E-state index contributed by atoms with van der Waals surface area (Å²) in [5.74, 6) is 0. The van der Waals surface area contributed by atoms with Crippen LogP contribution in [-0.4, -0.2) is 4.57 Å². The number of aromatic nitrogens is 1. The predicted molar refractivity (Wildman–Crippen MR) is 71.2 cm³/mol. The normalized spacial score (nSPS) is 10.7. The largest absolute Gasteiger partial charge is 0.380 e. The Kier molecular flexibility index (Phi) is 3.34. The maximum atomic E-state index is 3.44. The van der Waals surface area contributed by atoms with Crippen LogP contribution in [0.5, 0.6) is 0 Å². The highest BCUT2D eigenvalue weighted by atomic mass is 32.1. The van der Waals surface area contributed by atoms with Crippen molar-refractivity contribution in [2.75, 3.05) is 5.32 Å². The molecule has 2 nitrogen and oxygen atoms in total. The van der Waals surface area contributed by atoms with Gasteiger partial charge in [0.1, 0.15) is 0 Å². The molecule has 2 heterocycles. The molecular formula is C13H18N2S. The number of anilines is 1. The summed E-state index contributed by atoms with van der Waals surface area (Å²) in [6.07, 6.45) is 0. The Labute approximate surface area is 101 Å². The standard InChI is InChI=1S/C13H18N2S/c1-4-15-10(2)7-12(11(15)3)8-14-13-5-6-16-9-13/h5-7,9,14H,4,8H2,1-3H3. The molecular weight excluding hydrogens is 216 g/mol. The van der Waals surface area contributed by atoms with Gasteiger partial charge < -0.3 is 9.88 Å². The number of nitrogens with one attached hydrogen (secondary N) is 1. The summed E-state index contributed by atoms with van der Waals surface area (Å²) in [4.78, 5) is 0. The van der Waals surface area contributed by atoms with Crippen molar-refractivity contribution in [2.45, 2.75) is 33.9 Å². The summed E-state index contributed by atoms with van der Waals surface area (Å²) >= 11 is 1.72. The third-order valence-corrected chi connectivity index (χ3v) is 3.68. The van der Waals surface area contributed by atoms with E-state index in [0.717, 1.165) is 13.1 Å². The van der Waals surface area contributed by atoms with Crippen LogP contribution in [0, 0.1) is 13.8 Å². The van der Waals surface area contributed by atoms with Gasteiger partial charge in [-0.15, -0.1) is 0 Å². The van der Waals surface area contributed by atoms with Crippen LogP contribution in [0.2, 0.25) is 0 Å². The molecule has 0 amide bonds. The van der Waals surface area contributed by atoms with Gasteiger partial charge in [0.15, 0.2) is 0 Å². The second kappa shape index (κ2) is 4.74. The van der Waals surface area contributed by atoms with E-state index in [9.17, 15) is 0 Å². The predicted octanol–water partition coefficient (Wildman–Crippen LogP) is 3.80. The lowest BCUT2D eigenvalue weighted by Gasteiger charge is -2.07. The first-order chi connectivity index (χ1) is 7.72. The van der Waals surface area contributed by atoms with Gasteiger partial charge in [-0.05, 0) is 43.8 Å². The van der Waals surface area contributed by atoms with E-state index in [2.05, 4.69) is 53.5 Å². The lowest BCUT2D eigenvalue weighted by molar-refractivity contribution is 0.715. The SMILES string of the molecule is CCn1c(C)cc(CNc2ccsc2)c1C. The number of hydrogen-bond acceptors (Lipinski definition) is 2. The lowest BCUT2D eigenvalue weighted by Crippen LogP contribution is -2.02. The van der Waals surface area contributed by atoms with E-state index in [1.165, 1.54) is 22.6 Å². The van der Waals surface area contributed by atoms with Crippen molar-refractivity contribution in [3.63, 3.8) is 0 Å². The number of nitrogens with zero attached hydrogens (tertiary/aromatic N) is 1. The fourth-order valence-corrected chi connectivity index (χ4v) is 2.71. The number of thiophene rings is 1. The van der Waals surface area contributed by atoms with Gasteiger partial charge in [0.25, 0.3) is 0 Å². The van der Waals surface area contributed by atoms with Gasteiger partial charge in [-0.2, -0.15) is 11.3 Å². The molecule has 0 aromatic carbocycles. The van der Waals surface area contributed by atoms with E-state index < -0.39 is 0 Å². The molecule has 86 valence electrons. The molecule has 2 rings (SSSR count). The van der Waals surface area contributed by atoms with Crippen molar-refractivity contribution in [1.82, 2.24) is 4.57 Å². The highest BCUT2D eigenvalue weighted by Gasteiger charge is 2.07. The van der Waals surface area contributed by atoms with Crippen molar-refractivity contribution in [2.24, 2.45) is 0 Å². The van der Waals surface area contributed by atoms with Gasteiger partial charge in [-0.3, -0.25) is 0 Å². The first kappa shape index (κ1) is 11.3. The molecule has 2 aromatic heterocycles. The zero-order valence-corrected chi connectivity index (χ0v) is 10.9. The second-order valence-corrected chi connectivity index (χ2v) is 4.79. The summed E-state index contributed by atoms with van der Waals surface area (Å²) in [5.41, 5.74) is 5.33. The molecule has 0 saturated heterocycles. The summed E-state index contributed by atoms with van der Waals surface area (Å²) in [6, 6.07) is 4.39. The number of aryl methyl sites for hydroxylation is 1. The van der Waals surface area contributed by atoms with Gasteiger partial charge in [-0.1, -0.05) is 0 Å². The molecule has 1 N–H and O–H groups in total. The van der Waals surface area contributed by atoms with Crippen LogP contribution in [-0.2, 0) is 13.1 Å². The van der Waals surface area contributed by atoms with E-state index in [1.54, 1.807) is 11.3 Å². The zero-order valence-electron chi connectivity index (χ0n) is 10.1. The highest BCUT2D eigenvalue weighted by molar-refractivity contribution is 7.08. The van der Waals surface area contributed by atoms with Gasteiger partial charge in [0.2, 0.25) is 0 Å². The Morgan fingerprint density at radius 2 is 2.19 bits per heavy atom. The molecule has 0 unspecified atom stereocenters. The molecule has 0 aliphatic heterocycles. The Hall–Kier alpha value is -1.22. The minimum Gasteiger partial charge on any atom is -0.380 e. The van der Waals surface area contributed by atoms with E-state index in [4.69, 9.17) is 0 Å². The fourth-order valence-electron chi connectivity index (χ4n) is 2.10. The van der Waals surface area contributed by atoms with Crippen LogP contribution in [0.4, 0.5) is 5.69 Å². The molecule has 0 aliphatic carbocycles. The summed E-state index contributed by atoms with van der Waals surface area (Å²) in [5, 5.41) is 7.68. The molecule has 16 heavy (non-hydrogen) atoms. The average molecular weight is 234 g/mol. The van der Waals surface area contributed by atoms with E-state index in [1.807, 2.05) is 0 Å². The summed E-state index contributed by atoms with van der Waals surface area (Å²) in [7, 11) is 0. The first-order valence-electron chi connectivity index (χ1n) is 5.64. The molecule has 0 aliphatic rings. The van der Waals surface area contributed by atoms with Crippen molar-refractivity contribution in [3.05, 3.63) is 39.8 Å². The second-order valence-electron chi connectivity index (χ2n) is 4.01. The van der Waals surface area contributed by atoms with Crippen molar-refractivity contribution in [3.8, 4) is 0 Å². The Morgan fingerprint density at radius 3 is 2.75 bits per heavy atom. The van der Waals surface area contributed by atoms with Gasteiger partial charge >= 0.3 is 0 Å². The van der Waals surface area contributed by atoms with Crippen LogP contribution in [0.15, 0.2) is 22.9 Å². The first-order valence-corrected chi connectivity index (χ1v) is 6.58. The van der Waals surface area contributed by atoms with Gasteiger partial charge in [-0.25, -0.2) is 0 Å². The summed E-state index contributed by atoms with van der Waals surface area (Å²) < 4.78 is 2.35. The molecule has 0 saturated carbocycles. The molecule has 0 atom stereocenters. The van der Waals surface area contributed by atoms with E-state index >= 15 is 0 Å². The zero-order chi connectivity index (χ0) is 11.5. The van der Waals surface area contributed by atoms with Crippen LogP contribution in [0.1, 0.15) is 23.9 Å². The maximum Gasteiger partial charge on any atom is 0.0451 e. The smallest absolute Gasteiger partial charge is 0.0451 e. The van der Waals surface area contributed by atoms with Gasteiger partial charge in [0, 0.05) is 35.5 Å². The third kappa shape index (κ3) is 2.14. The third-order valence-electron chi connectivity index (χ3n) is 3.00. The lowest BCUT2D eigenvalue weighted by atomic mass is 10.2. The van der Waals surface area contributed by atoms with Crippen LogP contribution < -0.4 is 5.32 Å². The molecule has 0 bridgehead atoms. The van der Waals surface area contributed by atoms with Crippen molar-refractivity contribution < 1.29 is 0 Å². The van der Waals surface area contributed by atoms with Crippen molar-refractivity contribution >= 4 is 17.0 Å². The fraction of sp³-hybridized carbons (Fsp3) is 0.385. The molecule has 3 heteroatoms. The Morgan fingerprint density at radius 1 is 1.38 bits per heavy atom. The topological polar surface area (TPSA) is 17.0 Å². The van der Waals surface area contributed by atoms with Crippen LogP contribution >= 0.6 is 11.3 Å². The van der Waals surface area contributed by atoms with E-state index in [-0.39, 0.29) is 0 Å². The Balaban J connectivity index is 2.10. The molecule has 0 fully saturated rings. The maximum absolute atomic E-state index is 3.44. The van der Waals surface area contributed by atoms with Crippen LogP contribution in [0.3, 0.4) is 0 Å². The Bertz CT molecular complexity index is 454. The minimum absolute atomic E-state index is 0.913. The molecule has 0 radical (unpaired) electrons. The quantitative estimate of drug-likeness (QED) is 0.851. The van der Waals surface area contributed by atoms with Gasteiger partial charge in [0.05, 0.1) is 0 Å². The molecule has 2 aromatic rings. The minimum atomic E-state index is 0.913. The highest BCUT2D eigenvalue weighted by Crippen LogP contribution is 2.18.